The molecule has 0 radical (unpaired) electrons. The third-order valence-electron chi connectivity index (χ3n) is 7.41. The molecule has 0 unspecified atom stereocenters. The Morgan fingerprint density at radius 3 is 2.05 bits per heavy atom. The van der Waals surface area contributed by atoms with Crippen molar-refractivity contribution in [3.05, 3.63) is 138 Å². The fourth-order valence-corrected chi connectivity index (χ4v) is 5.37. The first-order valence-electron chi connectivity index (χ1n) is 12.8. The molecular weight excluding hydrogens is 474 g/mol. The van der Waals surface area contributed by atoms with Crippen molar-refractivity contribution in [1.82, 2.24) is 10.2 Å². The molecule has 0 aromatic heterocycles. The monoisotopic (exact) mass is 501 g/mol. The lowest BCUT2D eigenvalue weighted by Crippen LogP contribution is -2.45. The van der Waals surface area contributed by atoms with Gasteiger partial charge in [0.15, 0.2) is 5.54 Å². The Morgan fingerprint density at radius 1 is 0.816 bits per heavy atom. The molecule has 0 bridgehead atoms. The van der Waals surface area contributed by atoms with Crippen LogP contribution in [0.2, 0.25) is 0 Å². The standard InChI is InChI=1S/C32H27N3O3/c36-29(28-20-27(28)23-12-4-1-5-13-23)33-26-18-10-11-22(19-26)21-35-30(37)32(34-31(35)38,24-14-6-2-7-15-24)25-16-8-3-9-17-25/h1-19,27-28H,20-21H2,(H,33,36)(H,34,38)/t27-,28+/m0/s1. The summed E-state index contributed by atoms with van der Waals surface area (Å²) in [6.45, 7) is 0.0892. The van der Waals surface area contributed by atoms with Crippen molar-refractivity contribution in [3.8, 4) is 0 Å². The van der Waals surface area contributed by atoms with Crippen LogP contribution in [0.4, 0.5) is 10.5 Å². The van der Waals surface area contributed by atoms with Crippen molar-refractivity contribution in [2.75, 3.05) is 5.32 Å². The summed E-state index contributed by atoms with van der Waals surface area (Å²) in [4.78, 5) is 41.3. The average Bonchev–Trinajstić information content (AvgIpc) is 3.73. The number of rotatable bonds is 7. The Balaban J connectivity index is 1.21. The van der Waals surface area contributed by atoms with Crippen molar-refractivity contribution in [1.29, 1.82) is 0 Å². The molecule has 6 heteroatoms. The number of urea groups is 1. The van der Waals surface area contributed by atoms with Crippen molar-refractivity contribution in [2.45, 2.75) is 24.4 Å². The fourth-order valence-electron chi connectivity index (χ4n) is 5.37. The summed E-state index contributed by atoms with van der Waals surface area (Å²) in [6, 6.07) is 35.5. The molecule has 2 N–H and O–H groups in total. The van der Waals surface area contributed by atoms with Gasteiger partial charge in [-0.15, -0.1) is 0 Å². The predicted octanol–water partition coefficient (Wildman–Crippen LogP) is 5.42. The van der Waals surface area contributed by atoms with E-state index in [1.165, 1.54) is 10.5 Å². The van der Waals surface area contributed by atoms with E-state index in [0.29, 0.717) is 16.8 Å². The van der Waals surface area contributed by atoms with Crippen molar-refractivity contribution in [3.63, 3.8) is 0 Å². The first-order valence-corrected chi connectivity index (χ1v) is 12.8. The Hall–Kier alpha value is -4.71. The lowest BCUT2D eigenvalue weighted by Gasteiger charge is -2.28. The second-order valence-electron chi connectivity index (χ2n) is 9.85. The fraction of sp³-hybridized carbons (Fsp3) is 0.156. The normalized spacial score (nSPS) is 19.6. The minimum atomic E-state index is -1.30. The molecule has 4 amide bonds. The summed E-state index contributed by atoms with van der Waals surface area (Å²) in [7, 11) is 0. The Bertz CT molecular complexity index is 1450. The first-order chi connectivity index (χ1) is 18.6. The number of carbonyl (C=O) groups excluding carboxylic acids is 3. The summed E-state index contributed by atoms with van der Waals surface area (Å²) >= 11 is 0. The highest BCUT2D eigenvalue weighted by atomic mass is 16.2. The molecule has 4 aromatic rings. The SMILES string of the molecule is O=C(Nc1cccc(CN2C(=O)NC(c3ccccc3)(c3ccccc3)C2=O)c1)[C@@H]1C[C@H]1c1ccccc1. The number of nitrogens with zero attached hydrogens (tertiary/aromatic N) is 1. The molecule has 1 aliphatic heterocycles. The summed E-state index contributed by atoms with van der Waals surface area (Å²) < 4.78 is 0. The molecule has 4 aromatic carbocycles. The van der Waals surface area contributed by atoms with Crippen LogP contribution in [0.5, 0.6) is 0 Å². The summed E-state index contributed by atoms with van der Waals surface area (Å²) in [6.07, 6.45) is 0.832. The minimum absolute atomic E-state index is 0.0156. The number of amides is 4. The van der Waals surface area contributed by atoms with E-state index < -0.39 is 11.6 Å². The van der Waals surface area contributed by atoms with Crippen LogP contribution in [-0.4, -0.2) is 22.7 Å². The van der Waals surface area contributed by atoms with Crippen LogP contribution in [0.25, 0.3) is 0 Å². The molecule has 2 aliphatic rings. The number of hydrogen-bond acceptors (Lipinski definition) is 3. The van der Waals surface area contributed by atoms with Gasteiger partial charge >= 0.3 is 6.03 Å². The Kier molecular flexibility index (Phi) is 6.00. The van der Waals surface area contributed by atoms with E-state index in [-0.39, 0.29) is 30.2 Å². The van der Waals surface area contributed by atoms with Gasteiger partial charge in [-0.2, -0.15) is 0 Å². The maximum absolute atomic E-state index is 13.9. The van der Waals surface area contributed by atoms with Crippen LogP contribution >= 0.6 is 0 Å². The van der Waals surface area contributed by atoms with Crippen LogP contribution in [0, 0.1) is 5.92 Å². The molecule has 188 valence electrons. The lowest BCUT2D eigenvalue weighted by molar-refractivity contribution is -0.130. The van der Waals surface area contributed by atoms with E-state index in [0.717, 1.165) is 12.0 Å². The van der Waals surface area contributed by atoms with Crippen molar-refractivity contribution in [2.24, 2.45) is 5.92 Å². The van der Waals surface area contributed by atoms with Crippen LogP contribution in [0.1, 0.15) is 34.6 Å². The van der Waals surface area contributed by atoms with Gasteiger partial charge in [0, 0.05) is 11.6 Å². The van der Waals surface area contributed by atoms with Gasteiger partial charge in [-0.1, -0.05) is 103 Å². The molecule has 6 rings (SSSR count). The molecule has 1 saturated heterocycles. The molecule has 6 nitrogen and oxygen atoms in total. The zero-order chi connectivity index (χ0) is 26.1. The van der Waals surface area contributed by atoms with Gasteiger partial charge < -0.3 is 10.6 Å². The van der Waals surface area contributed by atoms with Crippen molar-refractivity contribution < 1.29 is 14.4 Å². The smallest absolute Gasteiger partial charge is 0.325 e. The highest BCUT2D eigenvalue weighted by Gasteiger charge is 2.53. The number of anilines is 1. The summed E-state index contributed by atoms with van der Waals surface area (Å²) in [5.41, 5.74) is 2.68. The highest BCUT2D eigenvalue weighted by Crippen LogP contribution is 2.48. The molecule has 38 heavy (non-hydrogen) atoms. The van der Waals surface area contributed by atoms with Gasteiger partial charge in [-0.25, -0.2) is 4.79 Å². The minimum Gasteiger partial charge on any atom is -0.326 e. The Labute approximate surface area is 221 Å². The van der Waals surface area contributed by atoms with Crippen LogP contribution in [-0.2, 0) is 21.7 Å². The van der Waals surface area contributed by atoms with E-state index in [2.05, 4.69) is 22.8 Å². The molecule has 1 aliphatic carbocycles. The van der Waals surface area contributed by atoms with E-state index in [1.807, 2.05) is 103 Å². The third-order valence-corrected chi connectivity index (χ3v) is 7.41. The molecule has 0 spiro atoms. The second-order valence-corrected chi connectivity index (χ2v) is 9.85. The largest absolute Gasteiger partial charge is 0.326 e. The van der Waals surface area contributed by atoms with Gasteiger partial charge in [0.1, 0.15) is 0 Å². The zero-order valence-corrected chi connectivity index (χ0v) is 20.7. The van der Waals surface area contributed by atoms with Gasteiger partial charge in [-0.3, -0.25) is 14.5 Å². The topological polar surface area (TPSA) is 78.5 Å². The maximum Gasteiger partial charge on any atom is 0.325 e. The molecule has 1 saturated carbocycles. The van der Waals surface area contributed by atoms with E-state index in [4.69, 9.17) is 0 Å². The summed E-state index contributed by atoms with van der Waals surface area (Å²) in [5, 5.41) is 5.99. The lowest BCUT2D eigenvalue weighted by atomic mass is 9.82. The average molecular weight is 502 g/mol. The predicted molar refractivity (Wildman–Crippen MR) is 145 cm³/mol. The van der Waals surface area contributed by atoms with Gasteiger partial charge in [0.05, 0.1) is 6.54 Å². The van der Waals surface area contributed by atoms with Crippen LogP contribution < -0.4 is 10.6 Å². The second kappa shape index (κ2) is 9.63. The first kappa shape index (κ1) is 23.7. The number of imide groups is 1. The van der Waals surface area contributed by atoms with Gasteiger partial charge in [0.25, 0.3) is 5.91 Å². The number of nitrogens with one attached hydrogen (secondary N) is 2. The van der Waals surface area contributed by atoms with E-state index in [1.54, 1.807) is 0 Å². The van der Waals surface area contributed by atoms with Crippen LogP contribution in [0.15, 0.2) is 115 Å². The number of hydrogen-bond donors (Lipinski definition) is 2. The van der Waals surface area contributed by atoms with E-state index >= 15 is 0 Å². The third kappa shape index (κ3) is 4.24. The van der Waals surface area contributed by atoms with Crippen molar-refractivity contribution >= 4 is 23.5 Å². The molecule has 2 fully saturated rings. The van der Waals surface area contributed by atoms with Gasteiger partial charge in [-0.05, 0) is 46.7 Å². The Morgan fingerprint density at radius 2 is 1.42 bits per heavy atom. The molecular formula is C32H27N3O3. The summed E-state index contributed by atoms with van der Waals surface area (Å²) in [5.74, 6) is -0.157. The molecule has 2 atom stereocenters. The zero-order valence-electron chi connectivity index (χ0n) is 20.7. The van der Waals surface area contributed by atoms with E-state index in [9.17, 15) is 14.4 Å². The quantitative estimate of drug-likeness (QED) is 0.332. The molecule has 1 heterocycles. The van der Waals surface area contributed by atoms with Crippen LogP contribution in [0.3, 0.4) is 0 Å². The number of benzene rings is 4. The highest BCUT2D eigenvalue weighted by molar-refractivity contribution is 6.09. The maximum atomic E-state index is 13.9. The van der Waals surface area contributed by atoms with Gasteiger partial charge in [0.2, 0.25) is 5.91 Å². The number of carbonyl (C=O) groups is 3.